The summed E-state index contributed by atoms with van der Waals surface area (Å²) in [4.78, 5) is 0. The molecule has 0 saturated heterocycles. The molecule has 1 aliphatic heterocycles. The first-order chi connectivity index (χ1) is 7.22. The Morgan fingerprint density at radius 1 is 1.40 bits per heavy atom. The van der Waals surface area contributed by atoms with Gasteiger partial charge in [0.05, 0.1) is 6.61 Å². The number of nitrogens with two attached hydrogens (primary N) is 3. The van der Waals surface area contributed by atoms with Gasteiger partial charge < -0.3 is 31.2 Å². The van der Waals surface area contributed by atoms with Crippen molar-refractivity contribution in [2.45, 2.75) is 6.10 Å². The van der Waals surface area contributed by atoms with E-state index in [0.29, 0.717) is 34.7 Å². The molecule has 6 nitrogen and oxygen atoms in total. The zero-order valence-electron chi connectivity index (χ0n) is 7.93. The van der Waals surface area contributed by atoms with Crippen LogP contribution in [0.25, 0.3) is 0 Å². The van der Waals surface area contributed by atoms with E-state index in [-0.39, 0.29) is 6.10 Å². The molecule has 0 fully saturated rings. The second kappa shape index (κ2) is 4.17. The first-order valence-electron chi connectivity index (χ1n) is 4.34. The molecule has 0 aliphatic carbocycles. The molecule has 2 rings (SSSR count). The molecular formula is C7H11BN3O3S. The first-order valence-corrected chi connectivity index (χ1v) is 5.16. The molecule has 81 valence electrons. The fourth-order valence-electron chi connectivity index (χ4n) is 1.31. The Bertz CT molecular complexity index is 359. The maximum Gasteiger partial charge on any atom is 0.392 e. The van der Waals surface area contributed by atoms with Crippen LogP contribution in [0.4, 0.5) is 10.0 Å². The summed E-state index contributed by atoms with van der Waals surface area (Å²) in [6, 6.07) is 0. The maximum absolute atomic E-state index is 5.71. The van der Waals surface area contributed by atoms with Crippen molar-refractivity contribution >= 4 is 29.0 Å². The summed E-state index contributed by atoms with van der Waals surface area (Å²) in [6.07, 6.45) is -0.214. The Balaban J connectivity index is 2.09. The highest BCUT2D eigenvalue weighted by Gasteiger charge is 2.27. The van der Waals surface area contributed by atoms with Gasteiger partial charge in [0.15, 0.2) is 17.6 Å². The molecule has 0 saturated carbocycles. The molecule has 1 radical (unpaired) electrons. The minimum atomic E-state index is -0.214. The average molecular weight is 228 g/mol. The van der Waals surface area contributed by atoms with Gasteiger partial charge in [-0.2, -0.15) is 0 Å². The van der Waals surface area contributed by atoms with Gasteiger partial charge in [0.25, 0.3) is 0 Å². The van der Waals surface area contributed by atoms with Crippen LogP contribution in [-0.2, 0) is 4.65 Å². The van der Waals surface area contributed by atoms with Gasteiger partial charge in [0.2, 0.25) is 0 Å². The van der Waals surface area contributed by atoms with E-state index in [9.17, 15) is 0 Å². The van der Waals surface area contributed by atoms with Crippen molar-refractivity contribution in [1.29, 1.82) is 0 Å². The monoisotopic (exact) mass is 228 g/mol. The third kappa shape index (κ3) is 1.96. The van der Waals surface area contributed by atoms with Crippen LogP contribution in [0.15, 0.2) is 0 Å². The Morgan fingerprint density at radius 2 is 2.13 bits per heavy atom. The van der Waals surface area contributed by atoms with Crippen molar-refractivity contribution in [1.82, 2.24) is 0 Å². The highest BCUT2D eigenvalue weighted by atomic mass is 32.1. The van der Waals surface area contributed by atoms with Crippen LogP contribution >= 0.6 is 11.3 Å². The Morgan fingerprint density at radius 3 is 2.87 bits per heavy atom. The van der Waals surface area contributed by atoms with Crippen LogP contribution in [0.2, 0.25) is 0 Å². The zero-order valence-corrected chi connectivity index (χ0v) is 8.75. The highest BCUT2D eigenvalue weighted by molar-refractivity contribution is 7.20. The topological polar surface area (TPSA) is 106 Å². The van der Waals surface area contributed by atoms with E-state index in [0.717, 1.165) is 7.62 Å². The summed E-state index contributed by atoms with van der Waals surface area (Å²) >= 11 is 1.24. The molecule has 2 heterocycles. The molecule has 1 aromatic rings. The van der Waals surface area contributed by atoms with Gasteiger partial charge in [-0.3, -0.25) is 0 Å². The molecule has 1 unspecified atom stereocenters. The predicted octanol–water partition coefficient (Wildman–Crippen LogP) is -0.438. The SMILES string of the molecule is N[B]OCC1COc2c(N)sc(N)c2O1. The maximum atomic E-state index is 5.71. The Hall–Kier alpha value is -1.12. The molecule has 0 bridgehead atoms. The van der Waals surface area contributed by atoms with E-state index >= 15 is 0 Å². The van der Waals surface area contributed by atoms with Crippen molar-refractivity contribution in [3.8, 4) is 11.5 Å². The number of hydrogen-bond donors (Lipinski definition) is 3. The molecule has 1 aromatic heterocycles. The molecule has 0 amide bonds. The quantitative estimate of drug-likeness (QED) is 0.605. The van der Waals surface area contributed by atoms with Crippen LogP contribution in [0.5, 0.6) is 11.5 Å². The van der Waals surface area contributed by atoms with E-state index in [2.05, 4.69) is 0 Å². The predicted molar refractivity (Wildman–Crippen MR) is 58.9 cm³/mol. The van der Waals surface area contributed by atoms with E-state index in [1.165, 1.54) is 11.3 Å². The third-order valence-electron chi connectivity index (χ3n) is 1.95. The van der Waals surface area contributed by atoms with Crippen molar-refractivity contribution in [2.24, 2.45) is 5.64 Å². The lowest BCUT2D eigenvalue weighted by Gasteiger charge is -2.24. The summed E-state index contributed by atoms with van der Waals surface area (Å²) in [6.45, 7) is 0.701. The number of ether oxygens (including phenoxy) is 2. The minimum Gasteiger partial charge on any atom is -0.483 e. The number of fused-ring (bicyclic) bond motifs is 1. The van der Waals surface area contributed by atoms with Gasteiger partial charge in [-0.25, -0.2) is 0 Å². The lowest BCUT2D eigenvalue weighted by atomic mass is 10.3. The van der Waals surface area contributed by atoms with Crippen molar-refractivity contribution < 1.29 is 14.1 Å². The zero-order chi connectivity index (χ0) is 10.8. The van der Waals surface area contributed by atoms with Crippen molar-refractivity contribution in [3.05, 3.63) is 0 Å². The van der Waals surface area contributed by atoms with E-state index in [1.807, 2.05) is 0 Å². The van der Waals surface area contributed by atoms with Gasteiger partial charge in [-0.15, -0.1) is 0 Å². The smallest absolute Gasteiger partial charge is 0.392 e. The van der Waals surface area contributed by atoms with Crippen LogP contribution in [0.3, 0.4) is 0 Å². The van der Waals surface area contributed by atoms with E-state index in [4.69, 9.17) is 31.2 Å². The standard InChI is InChI=1S/C7H11BN3O3S/c9-6-4-5(7(10)15-6)14-3(1-12-4)2-13-8-11/h3H,1-2,9-11H2. The van der Waals surface area contributed by atoms with Crippen LogP contribution in [0.1, 0.15) is 0 Å². The molecule has 1 aliphatic rings. The second-order valence-electron chi connectivity index (χ2n) is 3.01. The normalized spacial score (nSPS) is 18.9. The Labute approximate surface area is 91.6 Å². The lowest BCUT2D eigenvalue weighted by Crippen LogP contribution is -2.34. The number of hydrogen-bond acceptors (Lipinski definition) is 7. The minimum absolute atomic E-state index is 0.214. The summed E-state index contributed by atoms with van der Waals surface area (Å²) in [7, 11) is 1.12. The second-order valence-corrected chi connectivity index (χ2v) is 4.09. The lowest BCUT2D eigenvalue weighted by molar-refractivity contribution is 0.0568. The van der Waals surface area contributed by atoms with Crippen LogP contribution in [-0.4, -0.2) is 26.9 Å². The van der Waals surface area contributed by atoms with Crippen LogP contribution < -0.4 is 26.6 Å². The van der Waals surface area contributed by atoms with Gasteiger partial charge in [0.1, 0.15) is 16.6 Å². The van der Waals surface area contributed by atoms with Crippen molar-refractivity contribution in [3.63, 3.8) is 0 Å². The molecule has 6 N–H and O–H groups in total. The summed E-state index contributed by atoms with van der Waals surface area (Å²) in [5.74, 6) is 1.04. The van der Waals surface area contributed by atoms with Gasteiger partial charge in [-0.1, -0.05) is 11.3 Å². The summed E-state index contributed by atoms with van der Waals surface area (Å²) in [5.41, 5.74) is 16.5. The number of rotatable bonds is 3. The molecule has 15 heavy (non-hydrogen) atoms. The van der Waals surface area contributed by atoms with Gasteiger partial charge in [0, 0.05) is 0 Å². The molecular weight excluding hydrogens is 217 g/mol. The molecule has 0 aromatic carbocycles. The summed E-state index contributed by atoms with van der Waals surface area (Å²) in [5, 5.41) is 1.05. The fourth-order valence-corrected chi connectivity index (χ4v) is 2.02. The van der Waals surface area contributed by atoms with E-state index in [1.54, 1.807) is 0 Å². The summed E-state index contributed by atoms with van der Waals surface area (Å²) < 4.78 is 15.9. The molecule has 8 heteroatoms. The largest absolute Gasteiger partial charge is 0.483 e. The van der Waals surface area contributed by atoms with E-state index < -0.39 is 0 Å². The highest BCUT2D eigenvalue weighted by Crippen LogP contribution is 2.48. The van der Waals surface area contributed by atoms with Crippen molar-refractivity contribution in [2.75, 3.05) is 24.7 Å². The average Bonchev–Trinajstić information content (AvgIpc) is 2.52. The van der Waals surface area contributed by atoms with Gasteiger partial charge in [-0.05, 0) is 0 Å². The first kappa shape index (κ1) is 10.4. The Kier molecular flexibility index (Phi) is 2.89. The molecule has 0 spiro atoms. The number of anilines is 2. The molecule has 1 atom stereocenters. The fraction of sp³-hybridized carbons (Fsp3) is 0.429. The number of nitrogen functional groups attached to an aromatic ring is 2. The van der Waals surface area contributed by atoms with Gasteiger partial charge >= 0.3 is 7.62 Å². The number of thiophene rings is 1. The van der Waals surface area contributed by atoms with Crippen LogP contribution in [0, 0.1) is 0 Å². The third-order valence-corrected chi connectivity index (χ3v) is 2.76.